The summed E-state index contributed by atoms with van der Waals surface area (Å²) in [7, 11) is 0. The van der Waals surface area contributed by atoms with Crippen LogP contribution in [0.5, 0.6) is 5.75 Å². The molecule has 1 unspecified atom stereocenters. The van der Waals surface area contributed by atoms with Crippen LogP contribution in [-0.2, 0) is 27.5 Å². The molecule has 1 atom stereocenters. The van der Waals surface area contributed by atoms with E-state index >= 15 is 0 Å². The summed E-state index contributed by atoms with van der Waals surface area (Å²) < 4.78 is 17.9. The fraction of sp³-hybridized carbons (Fsp3) is 0.364. The molecule has 3 aromatic rings. The number of carbonyl (C=O) groups is 3. The number of rotatable bonds is 5. The summed E-state index contributed by atoms with van der Waals surface area (Å²) in [6.07, 6.45) is 1.83. The standard InChI is InChI=1S/C33H34N2O6/c36-29-14-18-34(19-15-29)31(37)25-8-6-24(7-9-25)27-10-11-30-28(20-27)22-39-32(41-30)26-12-16-35(17-13-26)33(38)40-21-23-4-2-1-3-5-23/h1-11,20,26,32H,12-19,21-22H2. The number of likely N-dealkylation sites (tertiary alicyclic amines) is 2. The van der Waals surface area contributed by atoms with Gasteiger partial charge in [0, 0.05) is 56.1 Å². The van der Waals surface area contributed by atoms with E-state index in [2.05, 4.69) is 6.07 Å². The predicted octanol–water partition coefficient (Wildman–Crippen LogP) is 5.44. The Labute approximate surface area is 239 Å². The van der Waals surface area contributed by atoms with Crippen LogP contribution in [0.25, 0.3) is 11.1 Å². The number of ketones is 1. The van der Waals surface area contributed by atoms with E-state index in [1.54, 1.807) is 9.80 Å². The van der Waals surface area contributed by atoms with E-state index in [9.17, 15) is 14.4 Å². The third kappa shape index (κ3) is 6.28. The molecule has 0 N–H and O–H groups in total. The quantitative estimate of drug-likeness (QED) is 0.418. The van der Waals surface area contributed by atoms with Gasteiger partial charge in [-0.15, -0.1) is 0 Å². The number of fused-ring (bicyclic) bond motifs is 1. The van der Waals surface area contributed by atoms with Gasteiger partial charge in [0.2, 0.25) is 6.29 Å². The molecule has 0 aliphatic carbocycles. The van der Waals surface area contributed by atoms with E-state index in [1.807, 2.05) is 66.7 Å². The molecule has 0 radical (unpaired) electrons. The molecular weight excluding hydrogens is 520 g/mol. The van der Waals surface area contributed by atoms with Gasteiger partial charge in [-0.3, -0.25) is 9.59 Å². The molecule has 41 heavy (non-hydrogen) atoms. The SMILES string of the molecule is O=C1CCN(C(=O)c2ccc(-c3ccc4c(c3)COC(C3CCN(C(=O)OCc5ccccc5)CC3)O4)cc2)CC1. The average molecular weight is 555 g/mol. The number of hydrogen-bond acceptors (Lipinski definition) is 6. The first kappa shape index (κ1) is 27.0. The maximum Gasteiger partial charge on any atom is 0.410 e. The van der Waals surface area contributed by atoms with Crippen molar-refractivity contribution in [3.8, 4) is 16.9 Å². The van der Waals surface area contributed by atoms with Gasteiger partial charge in [0.15, 0.2) is 0 Å². The first-order chi connectivity index (χ1) is 20.0. The zero-order chi connectivity index (χ0) is 28.2. The van der Waals surface area contributed by atoms with E-state index in [0.717, 1.165) is 40.8 Å². The van der Waals surface area contributed by atoms with Crippen molar-refractivity contribution in [3.05, 3.63) is 89.5 Å². The van der Waals surface area contributed by atoms with E-state index in [4.69, 9.17) is 14.2 Å². The zero-order valence-corrected chi connectivity index (χ0v) is 23.0. The van der Waals surface area contributed by atoms with Crippen molar-refractivity contribution in [2.75, 3.05) is 26.2 Å². The van der Waals surface area contributed by atoms with Gasteiger partial charge in [0.1, 0.15) is 18.1 Å². The Bertz CT molecular complexity index is 1390. The molecule has 3 heterocycles. The molecule has 2 amide bonds. The highest BCUT2D eigenvalue weighted by atomic mass is 16.7. The van der Waals surface area contributed by atoms with Crippen molar-refractivity contribution >= 4 is 17.8 Å². The molecule has 2 saturated heterocycles. The van der Waals surface area contributed by atoms with E-state index in [-0.39, 0.29) is 36.6 Å². The minimum absolute atomic E-state index is 0.0303. The number of Topliss-reactive ketones (excluding diaryl/α,β-unsaturated/α-hetero) is 1. The molecular formula is C33H34N2O6. The lowest BCUT2D eigenvalue weighted by Crippen LogP contribution is -2.44. The number of ether oxygens (including phenoxy) is 3. The number of amides is 2. The number of hydrogen-bond donors (Lipinski definition) is 0. The summed E-state index contributed by atoms with van der Waals surface area (Å²) in [5.74, 6) is 1.21. The lowest BCUT2D eigenvalue weighted by atomic mass is 9.95. The summed E-state index contributed by atoms with van der Waals surface area (Å²) in [5.41, 5.74) is 4.62. The monoisotopic (exact) mass is 554 g/mol. The Balaban J connectivity index is 1.01. The van der Waals surface area contributed by atoms with Gasteiger partial charge in [0.25, 0.3) is 5.91 Å². The highest BCUT2D eigenvalue weighted by Crippen LogP contribution is 2.35. The summed E-state index contributed by atoms with van der Waals surface area (Å²) in [5, 5.41) is 0. The maximum absolute atomic E-state index is 12.8. The Morgan fingerprint density at radius 1 is 0.829 bits per heavy atom. The van der Waals surface area contributed by atoms with Crippen LogP contribution in [0.3, 0.4) is 0 Å². The molecule has 8 nitrogen and oxygen atoms in total. The largest absolute Gasteiger partial charge is 0.464 e. The second kappa shape index (κ2) is 12.1. The molecule has 3 aliphatic rings. The Morgan fingerprint density at radius 3 is 2.27 bits per heavy atom. The number of benzene rings is 3. The second-order valence-corrected chi connectivity index (χ2v) is 10.9. The maximum atomic E-state index is 12.8. The van der Waals surface area contributed by atoms with Crippen molar-refractivity contribution in [3.63, 3.8) is 0 Å². The first-order valence-corrected chi connectivity index (χ1v) is 14.3. The summed E-state index contributed by atoms with van der Waals surface area (Å²) in [6.45, 7) is 2.94. The van der Waals surface area contributed by atoms with Crippen LogP contribution in [-0.4, -0.2) is 60.1 Å². The zero-order valence-electron chi connectivity index (χ0n) is 23.0. The molecule has 212 valence electrons. The van der Waals surface area contributed by atoms with Gasteiger partial charge >= 0.3 is 6.09 Å². The molecule has 0 aromatic heterocycles. The fourth-order valence-corrected chi connectivity index (χ4v) is 5.66. The van der Waals surface area contributed by atoms with Gasteiger partial charge in [-0.2, -0.15) is 0 Å². The second-order valence-electron chi connectivity index (χ2n) is 10.9. The Hall–Kier alpha value is -4.17. The van der Waals surface area contributed by atoms with Crippen LogP contribution >= 0.6 is 0 Å². The topological polar surface area (TPSA) is 85.4 Å². The van der Waals surface area contributed by atoms with E-state index in [0.29, 0.717) is 51.2 Å². The van der Waals surface area contributed by atoms with Crippen molar-refractivity contribution in [1.29, 1.82) is 0 Å². The summed E-state index contributed by atoms with van der Waals surface area (Å²) in [4.78, 5) is 40.3. The van der Waals surface area contributed by atoms with Gasteiger partial charge in [0.05, 0.1) is 6.61 Å². The fourth-order valence-electron chi connectivity index (χ4n) is 5.66. The van der Waals surface area contributed by atoms with Crippen molar-refractivity contribution in [1.82, 2.24) is 9.80 Å². The van der Waals surface area contributed by atoms with Gasteiger partial charge in [-0.1, -0.05) is 48.5 Å². The van der Waals surface area contributed by atoms with Crippen molar-refractivity contribution in [2.45, 2.75) is 45.2 Å². The predicted molar refractivity (Wildman–Crippen MR) is 152 cm³/mol. The van der Waals surface area contributed by atoms with Crippen LogP contribution in [0.2, 0.25) is 0 Å². The van der Waals surface area contributed by atoms with Crippen molar-refractivity contribution in [2.24, 2.45) is 5.92 Å². The minimum Gasteiger partial charge on any atom is -0.464 e. The average Bonchev–Trinajstić information content (AvgIpc) is 3.04. The lowest BCUT2D eigenvalue weighted by Gasteiger charge is -2.37. The van der Waals surface area contributed by atoms with Gasteiger partial charge in [-0.25, -0.2) is 4.79 Å². The molecule has 3 aliphatic heterocycles. The third-order valence-corrected chi connectivity index (χ3v) is 8.17. The Kier molecular flexibility index (Phi) is 8.00. The molecule has 2 fully saturated rings. The molecule has 0 spiro atoms. The molecule has 6 rings (SSSR count). The van der Waals surface area contributed by atoms with Crippen LogP contribution in [0.15, 0.2) is 72.8 Å². The highest BCUT2D eigenvalue weighted by Gasteiger charge is 2.33. The number of nitrogens with zero attached hydrogens (tertiary/aromatic N) is 2. The smallest absolute Gasteiger partial charge is 0.410 e. The van der Waals surface area contributed by atoms with E-state index < -0.39 is 0 Å². The van der Waals surface area contributed by atoms with Crippen molar-refractivity contribution < 1.29 is 28.6 Å². The number of carbonyl (C=O) groups excluding carboxylic acids is 3. The molecule has 3 aromatic carbocycles. The van der Waals surface area contributed by atoms with E-state index in [1.165, 1.54) is 0 Å². The summed E-state index contributed by atoms with van der Waals surface area (Å²) in [6, 6.07) is 23.4. The normalized spacial score (nSPS) is 19.3. The third-order valence-electron chi connectivity index (χ3n) is 8.17. The van der Waals surface area contributed by atoms with Gasteiger partial charge < -0.3 is 24.0 Å². The first-order valence-electron chi connectivity index (χ1n) is 14.3. The lowest BCUT2D eigenvalue weighted by molar-refractivity contribution is -0.148. The highest BCUT2D eigenvalue weighted by molar-refractivity contribution is 5.96. The molecule has 8 heteroatoms. The van der Waals surface area contributed by atoms with Gasteiger partial charge in [-0.05, 0) is 53.8 Å². The Morgan fingerprint density at radius 2 is 1.54 bits per heavy atom. The van der Waals surface area contributed by atoms with Crippen LogP contribution in [0.1, 0.15) is 47.2 Å². The van der Waals surface area contributed by atoms with Crippen LogP contribution < -0.4 is 4.74 Å². The minimum atomic E-state index is -0.341. The van der Waals surface area contributed by atoms with Crippen LogP contribution in [0, 0.1) is 5.92 Å². The molecule has 0 saturated carbocycles. The molecule has 0 bridgehead atoms. The summed E-state index contributed by atoms with van der Waals surface area (Å²) >= 11 is 0. The van der Waals surface area contributed by atoms with Crippen LogP contribution in [0.4, 0.5) is 4.79 Å². The number of piperidine rings is 2.